The van der Waals surface area contributed by atoms with Crippen LogP contribution in [0.25, 0.3) is 0 Å². The van der Waals surface area contributed by atoms with Crippen LogP contribution in [0.1, 0.15) is 32.6 Å². The summed E-state index contributed by atoms with van der Waals surface area (Å²) in [5, 5.41) is 0. The molecule has 0 bridgehead atoms. The van der Waals surface area contributed by atoms with Crippen molar-refractivity contribution < 1.29 is 4.79 Å². The highest BCUT2D eigenvalue weighted by Gasteiger charge is 2.53. The molecule has 0 radical (unpaired) electrons. The molecule has 1 amide bonds. The van der Waals surface area contributed by atoms with Gasteiger partial charge in [0.25, 0.3) is 0 Å². The van der Waals surface area contributed by atoms with Gasteiger partial charge >= 0.3 is 0 Å². The molecule has 0 unspecified atom stereocenters. The van der Waals surface area contributed by atoms with Crippen molar-refractivity contribution in [2.45, 2.75) is 38.1 Å². The molecular weight excluding hydrogens is 126 g/mol. The van der Waals surface area contributed by atoms with E-state index >= 15 is 0 Å². The predicted molar refractivity (Wildman–Crippen MR) is 38.6 cm³/mol. The van der Waals surface area contributed by atoms with E-state index in [2.05, 4.69) is 11.8 Å². The molecule has 2 rings (SSSR count). The first-order valence-electron chi connectivity index (χ1n) is 4.09. The normalized spacial score (nSPS) is 28.1. The number of amides is 1. The van der Waals surface area contributed by atoms with Gasteiger partial charge < -0.3 is 4.90 Å². The number of hydrogen-bond acceptors (Lipinski definition) is 1. The van der Waals surface area contributed by atoms with E-state index in [1.54, 1.807) is 0 Å². The first kappa shape index (κ1) is 6.20. The Kier molecular flexibility index (Phi) is 1.08. The Labute approximate surface area is 61.2 Å². The minimum Gasteiger partial charge on any atom is -0.337 e. The summed E-state index contributed by atoms with van der Waals surface area (Å²) in [4.78, 5) is 13.2. The van der Waals surface area contributed by atoms with Gasteiger partial charge in [-0.15, -0.1) is 0 Å². The lowest BCUT2D eigenvalue weighted by Crippen LogP contribution is -2.34. The first-order chi connectivity index (χ1) is 4.78. The second-order valence-corrected chi connectivity index (χ2v) is 3.36. The number of carbonyl (C=O) groups excluding carboxylic acids is 1. The van der Waals surface area contributed by atoms with Crippen LogP contribution in [-0.2, 0) is 4.79 Å². The van der Waals surface area contributed by atoms with Gasteiger partial charge in [0.1, 0.15) is 0 Å². The molecule has 1 saturated carbocycles. The van der Waals surface area contributed by atoms with E-state index in [1.165, 1.54) is 12.8 Å². The lowest BCUT2D eigenvalue weighted by molar-refractivity contribution is -0.129. The van der Waals surface area contributed by atoms with E-state index in [0.29, 0.717) is 11.4 Å². The summed E-state index contributed by atoms with van der Waals surface area (Å²) in [7, 11) is 0. The van der Waals surface area contributed by atoms with Crippen LogP contribution >= 0.6 is 0 Å². The molecule has 0 aromatic carbocycles. The van der Waals surface area contributed by atoms with Crippen molar-refractivity contribution in [1.29, 1.82) is 0 Å². The molecular formula is C8H13NO. The fourth-order valence-electron chi connectivity index (χ4n) is 2.05. The minimum absolute atomic E-state index is 0.367. The number of nitrogens with zero attached hydrogens (tertiary/aromatic N) is 1. The summed E-state index contributed by atoms with van der Waals surface area (Å²) in [5.74, 6) is 0.375. The molecule has 1 heterocycles. The van der Waals surface area contributed by atoms with Crippen LogP contribution < -0.4 is 0 Å². The molecule has 1 saturated heterocycles. The van der Waals surface area contributed by atoms with Gasteiger partial charge in [0.05, 0.1) is 0 Å². The van der Waals surface area contributed by atoms with Crippen LogP contribution in [0.3, 0.4) is 0 Å². The molecule has 0 N–H and O–H groups in total. The van der Waals surface area contributed by atoms with Crippen molar-refractivity contribution in [3.63, 3.8) is 0 Å². The number of carbonyl (C=O) groups is 1. The smallest absolute Gasteiger partial charge is 0.223 e. The molecule has 0 atom stereocenters. The van der Waals surface area contributed by atoms with E-state index in [9.17, 15) is 4.79 Å². The summed E-state index contributed by atoms with van der Waals surface area (Å²) in [6.07, 6.45) is 4.44. The monoisotopic (exact) mass is 139 g/mol. The summed E-state index contributed by atoms with van der Waals surface area (Å²) in [6, 6.07) is 0. The van der Waals surface area contributed by atoms with Crippen LogP contribution in [0.2, 0.25) is 0 Å². The SMILES string of the molecule is CCN1C(=O)CCC12CC2. The second-order valence-electron chi connectivity index (χ2n) is 3.36. The third-order valence-corrected chi connectivity index (χ3v) is 2.82. The van der Waals surface area contributed by atoms with Gasteiger partial charge in [0.2, 0.25) is 5.91 Å². The zero-order valence-corrected chi connectivity index (χ0v) is 6.39. The topological polar surface area (TPSA) is 20.3 Å². The molecule has 0 aromatic heterocycles. The fourth-order valence-corrected chi connectivity index (χ4v) is 2.05. The van der Waals surface area contributed by atoms with Crippen molar-refractivity contribution in [3.05, 3.63) is 0 Å². The van der Waals surface area contributed by atoms with E-state index in [0.717, 1.165) is 19.4 Å². The predicted octanol–water partition coefficient (Wildman–Crippen LogP) is 1.16. The van der Waals surface area contributed by atoms with E-state index in [-0.39, 0.29) is 0 Å². The van der Waals surface area contributed by atoms with Crippen LogP contribution in [-0.4, -0.2) is 22.9 Å². The number of hydrogen-bond donors (Lipinski definition) is 0. The molecule has 2 nitrogen and oxygen atoms in total. The highest BCUT2D eigenvalue weighted by molar-refractivity contribution is 5.80. The van der Waals surface area contributed by atoms with Crippen molar-refractivity contribution in [3.8, 4) is 0 Å². The summed E-state index contributed by atoms with van der Waals surface area (Å²) in [6.45, 7) is 2.99. The van der Waals surface area contributed by atoms with Crippen molar-refractivity contribution >= 4 is 5.91 Å². The van der Waals surface area contributed by atoms with E-state index < -0.39 is 0 Å². The molecule has 2 aliphatic rings. The molecule has 1 aliphatic carbocycles. The zero-order valence-electron chi connectivity index (χ0n) is 6.39. The fraction of sp³-hybridized carbons (Fsp3) is 0.875. The minimum atomic E-state index is 0.367. The Hall–Kier alpha value is -0.530. The Balaban J connectivity index is 2.17. The lowest BCUT2D eigenvalue weighted by Gasteiger charge is -2.21. The van der Waals surface area contributed by atoms with Gasteiger partial charge in [0, 0.05) is 18.5 Å². The molecule has 1 aliphatic heterocycles. The summed E-state index contributed by atoms with van der Waals surface area (Å²) >= 11 is 0. The van der Waals surface area contributed by atoms with Gasteiger partial charge in [-0.1, -0.05) is 0 Å². The van der Waals surface area contributed by atoms with Crippen molar-refractivity contribution in [2.75, 3.05) is 6.54 Å². The molecule has 10 heavy (non-hydrogen) atoms. The Bertz CT molecular complexity index is 172. The summed E-state index contributed by atoms with van der Waals surface area (Å²) in [5.41, 5.74) is 0.367. The number of likely N-dealkylation sites (tertiary alicyclic amines) is 1. The largest absolute Gasteiger partial charge is 0.337 e. The maximum absolute atomic E-state index is 11.2. The number of rotatable bonds is 1. The van der Waals surface area contributed by atoms with E-state index in [1.807, 2.05) is 0 Å². The van der Waals surface area contributed by atoms with Crippen LogP contribution in [0, 0.1) is 0 Å². The zero-order chi connectivity index (χ0) is 7.19. The van der Waals surface area contributed by atoms with Crippen molar-refractivity contribution in [1.82, 2.24) is 4.90 Å². The maximum atomic E-state index is 11.2. The third-order valence-electron chi connectivity index (χ3n) is 2.82. The quantitative estimate of drug-likeness (QED) is 0.534. The average Bonchev–Trinajstić information content (AvgIpc) is 2.60. The average molecular weight is 139 g/mol. The highest BCUT2D eigenvalue weighted by Crippen LogP contribution is 2.49. The Morgan fingerprint density at radius 3 is 2.60 bits per heavy atom. The molecule has 56 valence electrons. The molecule has 1 spiro atoms. The third kappa shape index (κ3) is 0.619. The second kappa shape index (κ2) is 1.74. The van der Waals surface area contributed by atoms with Crippen molar-refractivity contribution in [2.24, 2.45) is 0 Å². The maximum Gasteiger partial charge on any atom is 0.223 e. The van der Waals surface area contributed by atoms with Gasteiger partial charge in [-0.2, -0.15) is 0 Å². The van der Waals surface area contributed by atoms with Crippen LogP contribution in [0.15, 0.2) is 0 Å². The first-order valence-corrected chi connectivity index (χ1v) is 4.09. The Morgan fingerprint density at radius 1 is 1.50 bits per heavy atom. The highest BCUT2D eigenvalue weighted by atomic mass is 16.2. The molecule has 2 fully saturated rings. The standard InChI is InChI=1S/C8H13NO/c1-2-9-7(10)3-4-8(9)5-6-8/h2-6H2,1H3. The van der Waals surface area contributed by atoms with E-state index in [4.69, 9.17) is 0 Å². The molecule has 2 heteroatoms. The van der Waals surface area contributed by atoms with Gasteiger partial charge in [-0.3, -0.25) is 4.79 Å². The van der Waals surface area contributed by atoms with Gasteiger partial charge in [0.15, 0.2) is 0 Å². The Morgan fingerprint density at radius 2 is 2.20 bits per heavy atom. The summed E-state index contributed by atoms with van der Waals surface area (Å²) < 4.78 is 0. The lowest BCUT2D eigenvalue weighted by atomic mass is 10.2. The van der Waals surface area contributed by atoms with Crippen LogP contribution in [0.5, 0.6) is 0 Å². The van der Waals surface area contributed by atoms with Crippen LogP contribution in [0.4, 0.5) is 0 Å². The van der Waals surface area contributed by atoms with Gasteiger partial charge in [-0.25, -0.2) is 0 Å². The molecule has 0 aromatic rings. The van der Waals surface area contributed by atoms with Gasteiger partial charge in [-0.05, 0) is 26.2 Å².